The largest absolute Gasteiger partial charge is 0.494 e. The molecule has 0 fully saturated rings. The lowest BCUT2D eigenvalue weighted by Gasteiger charge is -2.13. The molecule has 0 aliphatic carbocycles. The van der Waals surface area contributed by atoms with Gasteiger partial charge in [-0.1, -0.05) is 11.6 Å². The van der Waals surface area contributed by atoms with E-state index < -0.39 is 0 Å². The topological polar surface area (TPSA) is 43.4 Å². The second-order valence-electron chi connectivity index (χ2n) is 3.94. The van der Waals surface area contributed by atoms with Crippen LogP contribution < -0.4 is 14.8 Å². The Morgan fingerprint density at radius 1 is 1.25 bits per heavy atom. The van der Waals surface area contributed by atoms with Crippen molar-refractivity contribution in [3.05, 3.63) is 33.7 Å². The molecule has 1 aromatic carbocycles. The summed E-state index contributed by atoms with van der Waals surface area (Å²) in [5.74, 6) is 1.62. The molecule has 0 spiro atoms. The SMILES string of the molecule is CCOc1ccc(OCC)c(NCc2ncc(Cl)s2)c1. The minimum Gasteiger partial charge on any atom is -0.494 e. The molecule has 0 saturated heterocycles. The molecule has 20 heavy (non-hydrogen) atoms. The number of anilines is 1. The molecular formula is C14H17ClN2O2S. The zero-order valence-corrected chi connectivity index (χ0v) is 13.1. The van der Waals surface area contributed by atoms with Crippen LogP contribution in [0.25, 0.3) is 0 Å². The number of rotatable bonds is 7. The highest BCUT2D eigenvalue weighted by Gasteiger charge is 2.07. The van der Waals surface area contributed by atoms with Crippen LogP contribution in [0.3, 0.4) is 0 Å². The second kappa shape index (κ2) is 7.36. The van der Waals surface area contributed by atoms with Crippen molar-refractivity contribution in [2.75, 3.05) is 18.5 Å². The van der Waals surface area contributed by atoms with Crippen LogP contribution >= 0.6 is 22.9 Å². The number of hydrogen-bond donors (Lipinski definition) is 1. The molecule has 0 bridgehead atoms. The highest BCUT2D eigenvalue weighted by Crippen LogP contribution is 2.30. The normalized spacial score (nSPS) is 10.3. The van der Waals surface area contributed by atoms with Gasteiger partial charge < -0.3 is 14.8 Å². The fourth-order valence-electron chi connectivity index (χ4n) is 1.73. The van der Waals surface area contributed by atoms with Gasteiger partial charge in [-0.15, -0.1) is 11.3 Å². The van der Waals surface area contributed by atoms with Crippen molar-refractivity contribution in [2.24, 2.45) is 0 Å². The summed E-state index contributed by atoms with van der Waals surface area (Å²) in [6.07, 6.45) is 1.66. The number of nitrogens with zero attached hydrogens (tertiary/aromatic N) is 1. The Morgan fingerprint density at radius 3 is 2.70 bits per heavy atom. The van der Waals surface area contributed by atoms with Gasteiger partial charge in [-0.3, -0.25) is 0 Å². The van der Waals surface area contributed by atoms with E-state index in [0.717, 1.165) is 22.2 Å². The van der Waals surface area contributed by atoms with Crippen molar-refractivity contribution in [2.45, 2.75) is 20.4 Å². The Morgan fingerprint density at radius 2 is 2.05 bits per heavy atom. The van der Waals surface area contributed by atoms with Crippen molar-refractivity contribution < 1.29 is 9.47 Å². The van der Waals surface area contributed by atoms with Crippen molar-refractivity contribution in [3.63, 3.8) is 0 Å². The van der Waals surface area contributed by atoms with Gasteiger partial charge in [0.1, 0.15) is 20.8 Å². The van der Waals surface area contributed by atoms with Crippen LogP contribution in [-0.4, -0.2) is 18.2 Å². The van der Waals surface area contributed by atoms with E-state index >= 15 is 0 Å². The highest BCUT2D eigenvalue weighted by atomic mass is 35.5. The predicted molar refractivity (Wildman–Crippen MR) is 83.2 cm³/mol. The summed E-state index contributed by atoms with van der Waals surface area (Å²) in [5.41, 5.74) is 0.893. The third-order valence-corrected chi connectivity index (χ3v) is 3.63. The maximum absolute atomic E-state index is 5.87. The van der Waals surface area contributed by atoms with E-state index in [4.69, 9.17) is 21.1 Å². The third kappa shape index (κ3) is 4.02. The number of ether oxygens (including phenoxy) is 2. The summed E-state index contributed by atoms with van der Waals surface area (Å²) in [6.45, 7) is 5.77. The van der Waals surface area contributed by atoms with E-state index in [0.29, 0.717) is 24.1 Å². The van der Waals surface area contributed by atoms with Gasteiger partial charge >= 0.3 is 0 Å². The van der Waals surface area contributed by atoms with Gasteiger partial charge in [-0.25, -0.2) is 4.98 Å². The molecule has 0 radical (unpaired) electrons. The molecule has 0 unspecified atom stereocenters. The van der Waals surface area contributed by atoms with Crippen molar-refractivity contribution in [3.8, 4) is 11.5 Å². The van der Waals surface area contributed by atoms with E-state index in [1.165, 1.54) is 11.3 Å². The average Bonchev–Trinajstić information content (AvgIpc) is 2.85. The number of nitrogens with one attached hydrogen (secondary N) is 1. The second-order valence-corrected chi connectivity index (χ2v) is 5.68. The molecule has 4 nitrogen and oxygen atoms in total. The molecule has 0 amide bonds. The Labute approximate surface area is 127 Å². The van der Waals surface area contributed by atoms with Crippen molar-refractivity contribution >= 4 is 28.6 Å². The van der Waals surface area contributed by atoms with Crippen LogP contribution in [0.15, 0.2) is 24.4 Å². The van der Waals surface area contributed by atoms with Crippen molar-refractivity contribution in [1.29, 1.82) is 0 Å². The Balaban J connectivity index is 2.11. The number of benzene rings is 1. The van der Waals surface area contributed by atoms with Gasteiger partial charge in [0.2, 0.25) is 0 Å². The zero-order valence-electron chi connectivity index (χ0n) is 11.5. The maximum atomic E-state index is 5.87. The summed E-state index contributed by atoms with van der Waals surface area (Å²) in [5, 5.41) is 4.24. The first-order valence-electron chi connectivity index (χ1n) is 6.46. The highest BCUT2D eigenvalue weighted by molar-refractivity contribution is 7.15. The Bertz CT molecular complexity index is 560. The van der Waals surface area contributed by atoms with Gasteiger partial charge in [0.15, 0.2) is 0 Å². The Hall–Kier alpha value is -1.46. The standard InChI is InChI=1S/C14H17ClN2O2S/c1-3-18-10-5-6-12(19-4-2)11(7-10)16-9-14-17-8-13(15)20-14/h5-8,16H,3-4,9H2,1-2H3. The van der Waals surface area contributed by atoms with Crippen LogP contribution in [-0.2, 0) is 6.54 Å². The first-order valence-corrected chi connectivity index (χ1v) is 7.66. The van der Waals surface area contributed by atoms with Crippen LogP contribution in [0.1, 0.15) is 18.9 Å². The molecular weight excluding hydrogens is 296 g/mol. The molecule has 2 rings (SSSR count). The predicted octanol–water partition coefficient (Wildman–Crippen LogP) is 4.21. The smallest absolute Gasteiger partial charge is 0.142 e. The molecule has 1 heterocycles. The molecule has 6 heteroatoms. The van der Waals surface area contributed by atoms with E-state index in [2.05, 4.69) is 10.3 Å². The van der Waals surface area contributed by atoms with Gasteiger partial charge in [-0.2, -0.15) is 0 Å². The van der Waals surface area contributed by atoms with Crippen LogP contribution in [0.4, 0.5) is 5.69 Å². The summed E-state index contributed by atoms with van der Waals surface area (Å²) in [6, 6.07) is 5.75. The quantitative estimate of drug-likeness (QED) is 0.832. The lowest BCUT2D eigenvalue weighted by molar-refractivity contribution is 0.332. The fourth-order valence-corrected chi connectivity index (χ4v) is 2.62. The molecule has 0 aliphatic heterocycles. The van der Waals surface area contributed by atoms with Crippen LogP contribution in [0.5, 0.6) is 11.5 Å². The summed E-state index contributed by atoms with van der Waals surface area (Å²) >= 11 is 7.33. The zero-order chi connectivity index (χ0) is 14.4. The van der Waals surface area contributed by atoms with Crippen LogP contribution in [0.2, 0.25) is 4.34 Å². The van der Waals surface area contributed by atoms with E-state index in [1.54, 1.807) is 6.20 Å². The Kier molecular flexibility index (Phi) is 5.49. The molecule has 1 N–H and O–H groups in total. The molecule has 2 aromatic rings. The summed E-state index contributed by atoms with van der Waals surface area (Å²) in [7, 11) is 0. The summed E-state index contributed by atoms with van der Waals surface area (Å²) in [4.78, 5) is 4.22. The molecule has 0 aliphatic rings. The number of hydrogen-bond acceptors (Lipinski definition) is 5. The molecule has 0 saturated carbocycles. The molecule has 0 atom stereocenters. The molecule has 108 valence electrons. The van der Waals surface area contributed by atoms with E-state index in [-0.39, 0.29) is 0 Å². The number of thiazole rings is 1. The van der Waals surface area contributed by atoms with Crippen molar-refractivity contribution in [1.82, 2.24) is 4.98 Å². The first-order chi connectivity index (χ1) is 9.72. The number of halogens is 1. The van der Waals surface area contributed by atoms with E-state index in [9.17, 15) is 0 Å². The lowest BCUT2D eigenvalue weighted by Crippen LogP contribution is -2.03. The third-order valence-electron chi connectivity index (χ3n) is 2.52. The maximum Gasteiger partial charge on any atom is 0.142 e. The first kappa shape index (κ1) is 14.9. The van der Waals surface area contributed by atoms with Gasteiger partial charge in [0.25, 0.3) is 0 Å². The van der Waals surface area contributed by atoms with Crippen LogP contribution in [0, 0.1) is 0 Å². The van der Waals surface area contributed by atoms with E-state index in [1.807, 2.05) is 32.0 Å². The monoisotopic (exact) mass is 312 g/mol. The fraction of sp³-hybridized carbons (Fsp3) is 0.357. The molecule has 1 aromatic heterocycles. The lowest BCUT2D eigenvalue weighted by atomic mass is 10.2. The minimum atomic E-state index is 0.604. The van der Waals surface area contributed by atoms with Gasteiger partial charge in [-0.05, 0) is 26.0 Å². The summed E-state index contributed by atoms with van der Waals surface area (Å²) < 4.78 is 11.8. The average molecular weight is 313 g/mol. The number of aromatic nitrogens is 1. The van der Waals surface area contributed by atoms with Gasteiger partial charge in [0, 0.05) is 6.07 Å². The minimum absolute atomic E-state index is 0.604. The van der Waals surface area contributed by atoms with Gasteiger partial charge in [0.05, 0.1) is 31.6 Å².